The lowest BCUT2D eigenvalue weighted by atomic mass is 10.4. The molecule has 0 spiro atoms. The van der Waals surface area contributed by atoms with Crippen LogP contribution in [-0.4, -0.2) is 57.7 Å². The van der Waals surface area contributed by atoms with E-state index in [2.05, 4.69) is 35.2 Å². The molecule has 0 fully saturated rings. The van der Waals surface area contributed by atoms with Crippen molar-refractivity contribution in [2.75, 3.05) is 52.8 Å². The Morgan fingerprint density at radius 1 is 0.947 bits per heavy atom. The van der Waals surface area contributed by atoms with Gasteiger partial charge in [0, 0.05) is 51.1 Å². The molecule has 0 atom stereocenters. The number of ether oxygens (including phenoxy) is 2. The summed E-state index contributed by atoms with van der Waals surface area (Å²) in [6.07, 6.45) is 1.08. The number of hydrogen-bond acceptors (Lipinski definition) is 4. The molecule has 0 aromatic heterocycles. The fraction of sp³-hybridized carbons (Fsp3) is 0.600. The van der Waals surface area contributed by atoms with Crippen molar-refractivity contribution in [3.05, 3.63) is 30.3 Å². The fourth-order valence-corrected chi connectivity index (χ4v) is 2.73. The summed E-state index contributed by atoms with van der Waals surface area (Å²) in [5, 5.41) is 0. The third-order valence-corrected chi connectivity index (χ3v) is 3.85. The smallest absolute Gasteiger partial charge is 0.0589 e. The molecule has 4 heteroatoms. The van der Waals surface area contributed by atoms with Crippen molar-refractivity contribution in [1.29, 1.82) is 0 Å². The SMILES string of the molecule is COCCCN(CCOC)CCSc1ccccc1. The summed E-state index contributed by atoms with van der Waals surface area (Å²) in [5.41, 5.74) is 0. The maximum Gasteiger partial charge on any atom is 0.0589 e. The predicted molar refractivity (Wildman–Crippen MR) is 82.0 cm³/mol. The zero-order valence-corrected chi connectivity index (χ0v) is 12.8. The number of methoxy groups -OCH3 is 2. The molecule has 0 aliphatic carbocycles. The van der Waals surface area contributed by atoms with Gasteiger partial charge >= 0.3 is 0 Å². The third-order valence-electron chi connectivity index (χ3n) is 2.85. The van der Waals surface area contributed by atoms with Gasteiger partial charge in [0.05, 0.1) is 6.61 Å². The van der Waals surface area contributed by atoms with Crippen molar-refractivity contribution in [3.63, 3.8) is 0 Å². The molecule has 0 radical (unpaired) electrons. The van der Waals surface area contributed by atoms with Crippen LogP contribution in [0.1, 0.15) is 6.42 Å². The van der Waals surface area contributed by atoms with Crippen LogP contribution in [0.25, 0.3) is 0 Å². The molecule has 0 bridgehead atoms. The summed E-state index contributed by atoms with van der Waals surface area (Å²) in [6, 6.07) is 10.6. The highest BCUT2D eigenvalue weighted by molar-refractivity contribution is 7.99. The van der Waals surface area contributed by atoms with Gasteiger partial charge in [-0.1, -0.05) is 18.2 Å². The summed E-state index contributed by atoms with van der Waals surface area (Å²) in [7, 11) is 3.51. The van der Waals surface area contributed by atoms with E-state index in [1.165, 1.54) is 4.90 Å². The third kappa shape index (κ3) is 8.26. The molecule has 1 aromatic carbocycles. The van der Waals surface area contributed by atoms with Gasteiger partial charge in [-0.05, 0) is 18.6 Å². The summed E-state index contributed by atoms with van der Waals surface area (Å²) in [4.78, 5) is 3.78. The van der Waals surface area contributed by atoms with E-state index in [-0.39, 0.29) is 0 Å². The molecule has 0 aliphatic heterocycles. The van der Waals surface area contributed by atoms with Gasteiger partial charge in [0.15, 0.2) is 0 Å². The van der Waals surface area contributed by atoms with Gasteiger partial charge < -0.3 is 14.4 Å². The molecule has 0 saturated heterocycles. The summed E-state index contributed by atoms with van der Waals surface area (Å²) in [6.45, 7) is 4.78. The highest BCUT2D eigenvalue weighted by Gasteiger charge is 2.04. The van der Waals surface area contributed by atoms with E-state index in [0.717, 1.165) is 45.0 Å². The summed E-state index contributed by atoms with van der Waals surface area (Å²) < 4.78 is 10.3. The Kier molecular flexibility index (Phi) is 9.81. The van der Waals surface area contributed by atoms with Crippen molar-refractivity contribution < 1.29 is 9.47 Å². The average molecular weight is 283 g/mol. The molecule has 19 heavy (non-hydrogen) atoms. The Balaban J connectivity index is 2.22. The van der Waals surface area contributed by atoms with Crippen molar-refractivity contribution in [2.24, 2.45) is 0 Å². The van der Waals surface area contributed by atoms with Crippen molar-refractivity contribution >= 4 is 11.8 Å². The van der Waals surface area contributed by atoms with Gasteiger partial charge in [0.1, 0.15) is 0 Å². The van der Waals surface area contributed by atoms with Crippen LogP contribution in [-0.2, 0) is 9.47 Å². The first-order valence-electron chi connectivity index (χ1n) is 6.75. The number of rotatable bonds is 11. The van der Waals surface area contributed by atoms with E-state index in [1.807, 2.05) is 11.8 Å². The standard InChI is InChI=1S/C15H25NO2S/c1-17-12-6-9-16(10-13-18-2)11-14-19-15-7-4-3-5-8-15/h3-5,7-8H,6,9-14H2,1-2H3. The van der Waals surface area contributed by atoms with Gasteiger partial charge in [-0.3, -0.25) is 0 Å². The van der Waals surface area contributed by atoms with Crippen LogP contribution >= 0.6 is 11.8 Å². The average Bonchev–Trinajstić information content (AvgIpc) is 2.45. The van der Waals surface area contributed by atoms with E-state index in [4.69, 9.17) is 9.47 Å². The molecular weight excluding hydrogens is 258 g/mol. The van der Waals surface area contributed by atoms with Crippen molar-refractivity contribution in [1.82, 2.24) is 4.90 Å². The van der Waals surface area contributed by atoms with E-state index < -0.39 is 0 Å². The fourth-order valence-electron chi connectivity index (χ4n) is 1.80. The molecule has 0 heterocycles. The van der Waals surface area contributed by atoms with Crippen LogP contribution in [0.2, 0.25) is 0 Å². The summed E-state index contributed by atoms with van der Waals surface area (Å²) >= 11 is 1.91. The Hall–Kier alpha value is -0.550. The Labute approximate surface area is 121 Å². The quantitative estimate of drug-likeness (QED) is 0.460. The largest absolute Gasteiger partial charge is 0.385 e. The second kappa shape index (κ2) is 11.3. The molecular formula is C15H25NO2S. The maximum absolute atomic E-state index is 5.16. The molecule has 108 valence electrons. The van der Waals surface area contributed by atoms with Crippen LogP contribution in [0.3, 0.4) is 0 Å². The number of benzene rings is 1. The molecule has 3 nitrogen and oxygen atoms in total. The Morgan fingerprint density at radius 3 is 2.37 bits per heavy atom. The zero-order valence-electron chi connectivity index (χ0n) is 12.0. The maximum atomic E-state index is 5.16. The second-order valence-corrected chi connectivity index (χ2v) is 5.51. The molecule has 0 N–H and O–H groups in total. The van der Waals surface area contributed by atoms with Crippen molar-refractivity contribution in [3.8, 4) is 0 Å². The highest BCUT2D eigenvalue weighted by atomic mass is 32.2. The first-order valence-corrected chi connectivity index (χ1v) is 7.73. The predicted octanol–water partition coefficient (Wildman–Crippen LogP) is 2.76. The van der Waals surface area contributed by atoms with E-state index in [9.17, 15) is 0 Å². The van der Waals surface area contributed by atoms with Crippen LogP contribution in [0, 0.1) is 0 Å². The summed E-state index contributed by atoms with van der Waals surface area (Å²) in [5.74, 6) is 1.11. The van der Waals surface area contributed by atoms with Crippen LogP contribution in [0.4, 0.5) is 0 Å². The van der Waals surface area contributed by atoms with Gasteiger partial charge in [-0.25, -0.2) is 0 Å². The number of nitrogens with zero attached hydrogens (tertiary/aromatic N) is 1. The minimum Gasteiger partial charge on any atom is -0.385 e. The first-order chi connectivity index (χ1) is 9.36. The minimum atomic E-state index is 0.795. The lowest BCUT2D eigenvalue weighted by molar-refractivity contribution is 0.136. The van der Waals surface area contributed by atoms with E-state index >= 15 is 0 Å². The molecule has 0 aliphatic rings. The number of hydrogen-bond donors (Lipinski definition) is 0. The van der Waals surface area contributed by atoms with Gasteiger partial charge in [0.25, 0.3) is 0 Å². The molecule has 0 unspecified atom stereocenters. The molecule has 0 saturated carbocycles. The van der Waals surface area contributed by atoms with Crippen LogP contribution in [0.5, 0.6) is 0 Å². The lowest BCUT2D eigenvalue weighted by Crippen LogP contribution is -2.31. The van der Waals surface area contributed by atoms with E-state index in [1.54, 1.807) is 14.2 Å². The normalized spacial score (nSPS) is 11.1. The molecule has 0 amide bonds. The molecule has 1 rings (SSSR count). The first kappa shape index (κ1) is 16.5. The Morgan fingerprint density at radius 2 is 1.68 bits per heavy atom. The lowest BCUT2D eigenvalue weighted by Gasteiger charge is -2.21. The number of thioether (sulfide) groups is 1. The minimum absolute atomic E-state index is 0.795. The van der Waals surface area contributed by atoms with Crippen molar-refractivity contribution in [2.45, 2.75) is 11.3 Å². The van der Waals surface area contributed by atoms with E-state index in [0.29, 0.717) is 0 Å². The zero-order chi connectivity index (χ0) is 13.8. The highest BCUT2D eigenvalue weighted by Crippen LogP contribution is 2.16. The van der Waals surface area contributed by atoms with Gasteiger partial charge in [-0.15, -0.1) is 11.8 Å². The van der Waals surface area contributed by atoms with Crippen LogP contribution in [0.15, 0.2) is 35.2 Å². The monoisotopic (exact) mass is 283 g/mol. The molecule has 1 aromatic rings. The second-order valence-electron chi connectivity index (χ2n) is 4.34. The van der Waals surface area contributed by atoms with Gasteiger partial charge in [0.2, 0.25) is 0 Å². The topological polar surface area (TPSA) is 21.7 Å². The van der Waals surface area contributed by atoms with Gasteiger partial charge in [-0.2, -0.15) is 0 Å². The van der Waals surface area contributed by atoms with Crippen LogP contribution < -0.4 is 0 Å². The Bertz CT molecular complexity index is 308.